The summed E-state index contributed by atoms with van der Waals surface area (Å²) in [4.78, 5) is 12.2. The summed E-state index contributed by atoms with van der Waals surface area (Å²) in [7, 11) is -3.75. The van der Waals surface area contributed by atoms with Crippen molar-refractivity contribution in [1.82, 2.24) is 0 Å². The van der Waals surface area contributed by atoms with E-state index in [2.05, 4.69) is 0 Å². The maximum atomic E-state index is 12.6. The van der Waals surface area contributed by atoms with Gasteiger partial charge in [-0.05, 0) is 46.2 Å². The van der Waals surface area contributed by atoms with Gasteiger partial charge in [-0.3, -0.25) is 4.79 Å². The Kier molecular flexibility index (Phi) is 6.15. The first-order chi connectivity index (χ1) is 9.78. The lowest BCUT2D eigenvalue weighted by Crippen LogP contribution is -2.32. The van der Waals surface area contributed by atoms with Crippen LogP contribution in [0.3, 0.4) is 0 Å². The average Bonchev–Trinajstić information content (AvgIpc) is 2.39. The first-order valence-electron chi connectivity index (χ1n) is 6.89. The summed E-state index contributed by atoms with van der Waals surface area (Å²) in [6, 6.07) is 6.49. The molecule has 0 saturated heterocycles. The lowest BCUT2D eigenvalue weighted by atomic mass is 10.2. The van der Waals surface area contributed by atoms with E-state index >= 15 is 0 Å². The molecule has 0 spiro atoms. The monoisotopic (exact) mass is 310 g/mol. The molecule has 0 aliphatic heterocycles. The van der Waals surface area contributed by atoms with Gasteiger partial charge in [-0.2, -0.15) is 0 Å². The van der Waals surface area contributed by atoms with Crippen LogP contribution in [0.5, 0.6) is 0 Å². The second-order valence-electron chi connectivity index (χ2n) is 5.12. The van der Waals surface area contributed by atoms with E-state index < -0.39 is 21.1 Å². The Morgan fingerprint density at radius 1 is 1.24 bits per heavy atom. The first-order valence-corrected chi connectivity index (χ1v) is 8.44. The number of hydrogen-bond donors (Lipinski definition) is 0. The van der Waals surface area contributed by atoms with Gasteiger partial charge in [-0.1, -0.05) is 29.3 Å². The average molecular weight is 310 g/mol. The first kappa shape index (κ1) is 17.4. The third-order valence-electron chi connectivity index (χ3n) is 3.01. The topological polar surface area (TPSA) is 60.4 Å². The van der Waals surface area contributed by atoms with Crippen molar-refractivity contribution in [2.45, 2.75) is 44.3 Å². The van der Waals surface area contributed by atoms with Crippen LogP contribution in [-0.4, -0.2) is 26.2 Å². The van der Waals surface area contributed by atoms with Crippen LogP contribution >= 0.6 is 0 Å². The zero-order valence-electron chi connectivity index (χ0n) is 12.9. The van der Waals surface area contributed by atoms with Crippen LogP contribution < -0.4 is 0 Å². The fraction of sp³-hybridized carbons (Fsp3) is 0.438. The smallest absolute Gasteiger partial charge is 0.325 e. The Morgan fingerprint density at radius 2 is 1.81 bits per heavy atom. The molecular weight excluding hydrogens is 288 g/mol. The number of aryl methyl sites for hydroxylation is 1. The van der Waals surface area contributed by atoms with Crippen LogP contribution in [0.25, 0.3) is 0 Å². The van der Waals surface area contributed by atoms with E-state index in [0.29, 0.717) is 0 Å². The highest BCUT2D eigenvalue weighted by Crippen LogP contribution is 2.21. The van der Waals surface area contributed by atoms with Gasteiger partial charge >= 0.3 is 5.97 Å². The summed E-state index contributed by atoms with van der Waals surface area (Å²) < 4.78 is 30.2. The minimum atomic E-state index is -3.75. The van der Waals surface area contributed by atoms with Crippen molar-refractivity contribution >= 4 is 15.8 Å². The molecule has 0 aliphatic rings. The second kappa shape index (κ2) is 7.41. The van der Waals surface area contributed by atoms with Crippen LogP contribution in [0.1, 0.15) is 32.8 Å². The maximum absolute atomic E-state index is 12.6. The molecule has 5 heteroatoms. The number of ether oxygens (including phenoxy) is 1. The van der Waals surface area contributed by atoms with E-state index in [0.717, 1.165) is 11.1 Å². The number of carbonyl (C=O) groups excluding carboxylic acids is 1. The van der Waals surface area contributed by atoms with Gasteiger partial charge < -0.3 is 4.74 Å². The Balaban J connectivity index is 3.19. The number of allylic oxidation sites excluding steroid dienone is 2. The molecule has 116 valence electrons. The van der Waals surface area contributed by atoms with Crippen molar-refractivity contribution in [2.75, 3.05) is 6.61 Å². The lowest BCUT2D eigenvalue weighted by Gasteiger charge is -2.15. The molecular formula is C16H22O4S. The Labute approximate surface area is 126 Å². The van der Waals surface area contributed by atoms with Gasteiger partial charge in [-0.25, -0.2) is 8.42 Å². The molecule has 21 heavy (non-hydrogen) atoms. The van der Waals surface area contributed by atoms with Crippen LogP contribution in [0, 0.1) is 6.92 Å². The van der Waals surface area contributed by atoms with E-state index in [9.17, 15) is 13.2 Å². The molecule has 0 bridgehead atoms. The number of hydrogen-bond acceptors (Lipinski definition) is 4. The third kappa shape index (κ3) is 4.70. The highest BCUT2D eigenvalue weighted by atomic mass is 32.2. The molecule has 1 rings (SSSR count). The number of sulfone groups is 1. The van der Waals surface area contributed by atoms with Crippen molar-refractivity contribution in [1.29, 1.82) is 0 Å². The molecule has 1 aromatic rings. The third-order valence-corrected chi connectivity index (χ3v) is 5.08. The molecule has 4 nitrogen and oxygen atoms in total. The fourth-order valence-corrected chi connectivity index (χ4v) is 3.33. The molecule has 0 aromatic heterocycles. The van der Waals surface area contributed by atoms with Crippen molar-refractivity contribution < 1.29 is 17.9 Å². The molecule has 0 amide bonds. The zero-order valence-corrected chi connectivity index (χ0v) is 13.7. The molecule has 1 unspecified atom stereocenters. The molecule has 1 atom stereocenters. The largest absolute Gasteiger partial charge is 0.465 e. The van der Waals surface area contributed by atoms with Gasteiger partial charge in [0.05, 0.1) is 11.5 Å². The molecule has 0 heterocycles. The highest BCUT2D eigenvalue weighted by Gasteiger charge is 2.34. The summed E-state index contributed by atoms with van der Waals surface area (Å²) in [5.41, 5.74) is 1.93. The standard InChI is InChI=1S/C16H22O4S/c1-5-20-16(17)15(11-6-12(2)3)21(18,19)14-9-7-13(4)8-10-14/h6-10,15H,5,11H2,1-4H3. The van der Waals surface area contributed by atoms with Gasteiger partial charge in [-0.15, -0.1) is 0 Å². The van der Waals surface area contributed by atoms with Crippen LogP contribution in [0.4, 0.5) is 0 Å². The predicted octanol–water partition coefficient (Wildman–Crippen LogP) is 3.06. The van der Waals surface area contributed by atoms with Crippen molar-refractivity contribution in [3.8, 4) is 0 Å². The SMILES string of the molecule is CCOC(=O)C(CC=C(C)C)S(=O)(=O)c1ccc(C)cc1. The Bertz CT molecular complexity index is 608. The summed E-state index contributed by atoms with van der Waals surface area (Å²) in [6.07, 6.45) is 1.87. The van der Waals surface area contributed by atoms with E-state index in [1.165, 1.54) is 12.1 Å². The molecule has 0 radical (unpaired) electrons. The van der Waals surface area contributed by atoms with Gasteiger partial charge in [0.25, 0.3) is 0 Å². The highest BCUT2D eigenvalue weighted by molar-refractivity contribution is 7.92. The maximum Gasteiger partial charge on any atom is 0.325 e. The molecule has 0 aliphatic carbocycles. The van der Waals surface area contributed by atoms with E-state index in [1.807, 2.05) is 20.8 Å². The van der Waals surface area contributed by atoms with Crippen LogP contribution in [0.15, 0.2) is 40.8 Å². The van der Waals surface area contributed by atoms with Crippen LogP contribution in [0.2, 0.25) is 0 Å². The van der Waals surface area contributed by atoms with E-state index in [1.54, 1.807) is 25.1 Å². The molecule has 0 fully saturated rings. The minimum Gasteiger partial charge on any atom is -0.465 e. The Morgan fingerprint density at radius 3 is 2.29 bits per heavy atom. The summed E-state index contributed by atoms with van der Waals surface area (Å²) in [5, 5.41) is -1.20. The van der Waals surface area contributed by atoms with Crippen molar-refractivity contribution in [3.05, 3.63) is 41.5 Å². The summed E-state index contributed by atoms with van der Waals surface area (Å²) in [5.74, 6) is -0.699. The number of esters is 1. The fourth-order valence-electron chi connectivity index (χ4n) is 1.82. The number of benzene rings is 1. The minimum absolute atomic E-state index is 0.122. The van der Waals surface area contributed by atoms with Gasteiger partial charge in [0.2, 0.25) is 0 Å². The summed E-state index contributed by atoms with van der Waals surface area (Å²) in [6.45, 7) is 7.42. The van der Waals surface area contributed by atoms with Crippen molar-refractivity contribution in [3.63, 3.8) is 0 Å². The summed E-state index contributed by atoms with van der Waals surface area (Å²) >= 11 is 0. The quantitative estimate of drug-likeness (QED) is 0.598. The normalized spacial score (nSPS) is 12.6. The van der Waals surface area contributed by atoms with E-state index in [-0.39, 0.29) is 17.9 Å². The van der Waals surface area contributed by atoms with Crippen molar-refractivity contribution in [2.24, 2.45) is 0 Å². The predicted molar refractivity (Wildman–Crippen MR) is 82.8 cm³/mol. The number of carbonyl (C=O) groups is 1. The van der Waals surface area contributed by atoms with Gasteiger partial charge in [0, 0.05) is 0 Å². The Hall–Kier alpha value is -1.62. The molecule has 0 N–H and O–H groups in total. The zero-order chi connectivity index (χ0) is 16.0. The van der Waals surface area contributed by atoms with E-state index in [4.69, 9.17) is 4.74 Å². The lowest BCUT2D eigenvalue weighted by molar-refractivity contribution is -0.142. The molecule has 1 aromatic carbocycles. The number of rotatable bonds is 6. The van der Waals surface area contributed by atoms with Gasteiger partial charge in [0.15, 0.2) is 15.1 Å². The van der Waals surface area contributed by atoms with Crippen LogP contribution in [-0.2, 0) is 19.4 Å². The second-order valence-corrected chi connectivity index (χ2v) is 7.25. The molecule has 0 saturated carbocycles. The van der Waals surface area contributed by atoms with Gasteiger partial charge in [0.1, 0.15) is 0 Å².